The third kappa shape index (κ3) is 4.39. The second-order valence-corrected chi connectivity index (χ2v) is 9.04. The smallest absolute Gasteiger partial charge is 0.369 e. The fourth-order valence-electron chi connectivity index (χ4n) is 3.76. The van der Waals surface area contributed by atoms with Crippen molar-refractivity contribution >= 4 is 38.4 Å². The normalized spacial score (nSPS) is 12.8. The van der Waals surface area contributed by atoms with E-state index in [1.54, 1.807) is 30.3 Å². The molecule has 1 heterocycles. The lowest BCUT2D eigenvalue weighted by Crippen LogP contribution is -2.53. The molecule has 3 aromatic carbocycles. The van der Waals surface area contributed by atoms with Crippen LogP contribution >= 0.6 is 27.5 Å². The van der Waals surface area contributed by atoms with Gasteiger partial charge < -0.3 is 5.11 Å². The highest BCUT2D eigenvalue weighted by molar-refractivity contribution is 9.10. The van der Waals surface area contributed by atoms with Gasteiger partial charge in [-0.2, -0.15) is 26.3 Å². The molecule has 0 bridgehead atoms. The fraction of sp³-hybridized carbons (Fsp3) is 0.167. The van der Waals surface area contributed by atoms with Crippen LogP contribution in [0, 0.1) is 0 Å². The first-order chi connectivity index (χ1) is 16.8. The molecule has 188 valence electrons. The van der Waals surface area contributed by atoms with Gasteiger partial charge in [0, 0.05) is 12.0 Å². The summed E-state index contributed by atoms with van der Waals surface area (Å²) in [5.41, 5.74) is -6.18. The number of aliphatic hydroxyl groups is 1. The van der Waals surface area contributed by atoms with E-state index >= 15 is 0 Å². The van der Waals surface area contributed by atoms with E-state index in [-0.39, 0.29) is 32.8 Å². The zero-order chi connectivity index (χ0) is 26.5. The molecule has 1 N–H and O–H groups in total. The van der Waals surface area contributed by atoms with Gasteiger partial charge in [0.1, 0.15) is 5.82 Å². The summed E-state index contributed by atoms with van der Waals surface area (Å²) < 4.78 is 81.0. The highest BCUT2D eigenvalue weighted by atomic mass is 79.9. The number of hydrogen-bond donors (Lipinski definition) is 1. The van der Waals surface area contributed by atoms with Crippen molar-refractivity contribution in [3.63, 3.8) is 0 Å². The average molecular weight is 592 g/mol. The van der Waals surface area contributed by atoms with Gasteiger partial charge in [0.2, 0.25) is 0 Å². The summed E-state index contributed by atoms with van der Waals surface area (Å²) in [5.74, 6) is 0.183. The van der Waals surface area contributed by atoms with Crippen LogP contribution in [-0.2, 0) is 12.0 Å². The third-order valence-corrected chi connectivity index (χ3v) is 6.93. The van der Waals surface area contributed by atoms with Crippen LogP contribution < -0.4 is 5.56 Å². The number of aromatic nitrogens is 2. The molecule has 0 unspecified atom stereocenters. The molecular weight excluding hydrogens is 578 g/mol. The molecule has 12 heteroatoms. The van der Waals surface area contributed by atoms with Crippen molar-refractivity contribution < 1.29 is 31.4 Å². The molecule has 0 radical (unpaired) electrons. The van der Waals surface area contributed by atoms with Crippen molar-refractivity contribution in [2.75, 3.05) is 0 Å². The average Bonchev–Trinajstić information content (AvgIpc) is 2.80. The van der Waals surface area contributed by atoms with Crippen LogP contribution in [0.25, 0.3) is 16.6 Å². The predicted octanol–water partition coefficient (Wildman–Crippen LogP) is 6.70. The number of halogens is 8. The Morgan fingerprint density at radius 3 is 2.03 bits per heavy atom. The van der Waals surface area contributed by atoms with Crippen molar-refractivity contribution in [1.82, 2.24) is 9.55 Å². The van der Waals surface area contributed by atoms with E-state index < -0.39 is 29.1 Å². The molecule has 0 spiro atoms. The molecule has 4 rings (SSSR count). The van der Waals surface area contributed by atoms with E-state index in [4.69, 9.17) is 11.6 Å². The van der Waals surface area contributed by atoms with Crippen molar-refractivity contribution in [3.05, 3.63) is 104 Å². The van der Waals surface area contributed by atoms with Crippen molar-refractivity contribution in [3.8, 4) is 5.69 Å². The Balaban J connectivity index is 1.95. The maximum Gasteiger partial charge on any atom is 0.430 e. The monoisotopic (exact) mass is 590 g/mol. The number of alkyl halides is 6. The minimum atomic E-state index is -6.03. The molecule has 0 saturated carbocycles. The summed E-state index contributed by atoms with van der Waals surface area (Å²) in [6, 6.07) is 14.6. The van der Waals surface area contributed by atoms with Crippen LogP contribution in [0.15, 0.2) is 76.0 Å². The Morgan fingerprint density at radius 1 is 0.889 bits per heavy atom. The summed E-state index contributed by atoms with van der Waals surface area (Å²) in [6.45, 7) is 0. The Hall–Kier alpha value is -2.89. The van der Waals surface area contributed by atoms with E-state index in [0.717, 1.165) is 22.3 Å². The van der Waals surface area contributed by atoms with Gasteiger partial charge in [-0.05, 0) is 45.8 Å². The van der Waals surface area contributed by atoms with Crippen LogP contribution in [0.3, 0.4) is 0 Å². The largest absolute Gasteiger partial charge is 0.430 e. The van der Waals surface area contributed by atoms with Crippen molar-refractivity contribution in [1.29, 1.82) is 0 Å². The SMILES string of the molecule is O=c1c2c(Br)c(Cl)ccc2nc(Cc2ccccc2)n1-c1ccc(C(O)(C(F)(F)F)C(F)(F)F)cc1. The van der Waals surface area contributed by atoms with E-state index in [2.05, 4.69) is 20.9 Å². The molecule has 0 atom stereocenters. The zero-order valence-electron chi connectivity index (χ0n) is 17.8. The molecule has 0 fully saturated rings. The van der Waals surface area contributed by atoms with Gasteiger partial charge in [0.25, 0.3) is 11.2 Å². The van der Waals surface area contributed by atoms with E-state index in [0.29, 0.717) is 17.6 Å². The van der Waals surface area contributed by atoms with Crippen molar-refractivity contribution in [2.45, 2.75) is 24.4 Å². The van der Waals surface area contributed by atoms with Gasteiger partial charge in [0.15, 0.2) is 0 Å². The number of fused-ring (bicyclic) bond motifs is 1. The summed E-state index contributed by atoms with van der Waals surface area (Å²) in [6.07, 6.45) is -11.9. The maximum absolute atomic E-state index is 13.5. The lowest BCUT2D eigenvalue weighted by Gasteiger charge is -2.32. The van der Waals surface area contributed by atoms with Gasteiger partial charge in [-0.25, -0.2) is 4.98 Å². The summed E-state index contributed by atoms with van der Waals surface area (Å²) >= 11 is 9.36. The molecule has 1 aromatic heterocycles. The first kappa shape index (κ1) is 26.2. The van der Waals surface area contributed by atoms with E-state index in [1.165, 1.54) is 12.1 Å². The lowest BCUT2D eigenvalue weighted by molar-refractivity contribution is -0.376. The Labute approximate surface area is 212 Å². The second-order valence-electron chi connectivity index (χ2n) is 7.84. The topological polar surface area (TPSA) is 55.1 Å². The van der Waals surface area contributed by atoms with Gasteiger partial charge in [-0.15, -0.1) is 0 Å². The molecule has 0 aliphatic heterocycles. The Bertz CT molecular complexity index is 1470. The Morgan fingerprint density at radius 2 is 1.47 bits per heavy atom. The van der Waals surface area contributed by atoms with Crippen LogP contribution in [0.2, 0.25) is 5.02 Å². The van der Waals surface area contributed by atoms with Gasteiger partial charge in [0.05, 0.1) is 26.1 Å². The standard InChI is InChI=1S/C24H14BrClF6N2O2/c25-20-16(26)10-11-17-19(20)21(35)34(18(33-17)12-13-4-2-1-3-5-13)15-8-6-14(7-9-15)22(36,23(27,28)29)24(30,31)32/h1-11,36H,12H2. The van der Waals surface area contributed by atoms with Gasteiger partial charge >= 0.3 is 12.4 Å². The quantitative estimate of drug-likeness (QED) is 0.269. The van der Waals surface area contributed by atoms with Crippen LogP contribution in [0.5, 0.6) is 0 Å². The summed E-state index contributed by atoms with van der Waals surface area (Å²) in [7, 11) is 0. The first-order valence-corrected chi connectivity index (χ1v) is 11.3. The van der Waals surface area contributed by atoms with E-state index in [1.807, 2.05) is 0 Å². The molecular formula is C24H14BrClF6N2O2. The first-order valence-electron chi connectivity index (χ1n) is 10.2. The number of nitrogens with zero attached hydrogens (tertiary/aromatic N) is 2. The van der Waals surface area contributed by atoms with Gasteiger partial charge in [-0.3, -0.25) is 9.36 Å². The minimum absolute atomic E-state index is 0.0531. The highest BCUT2D eigenvalue weighted by Gasteiger charge is 2.71. The second kappa shape index (κ2) is 9.20. The molecule has 4 nitrogen and oxygen atoms in total. The molecule has 0 saturated heterocycles. The molecule has 0 amide bonds. The van der Waals surface area contributed by atoms with E-state index in [9.17, 15) is 36.2 Å². The molecule has 4 aromatic rings. The van der Waals surface area contributed by atoms with Crippen LogP contribution in [-0.4, -0.2) is 27.0 Å². The van der Waals surface area contributed by atoms with Crippen LogP contribution in [0.4, 0.5) is 26.3 Å². The zero-order valence-corrected chi connectivity index (χ0v) is 20.2. The van der Waals surface area contributed by atoms with Gasteiger partial charge in [-0.1, -0.05) is 54.1 Å². The number of rotatable bonds is 4. The fourth-order valence-corrected chi connectivity index (χ4v) is 4.42. The molecule has 0 aliphatic carbocycles. The predicted molar refractivity (Wildman–Crippen MR) is 125 cm³/mol. The summed E-state index contributed by atoms with van der Waals surface area (Å²) in [5, 5.41) is 9.96. The van der Waals surface area contributed by atoms with Crippen LogP contribution in [0.1, 0.15) is 17.0 Å². The lowest BCUT2D eigenvalue weighted by atomic mass is 9.92. The minimum Gasteiger partial charge on any atom is -0.369 e. The Kier molecular flexibility index (Phi) is 6.69. The highest BCUT2D eigenvalue weighted by Crippen LogP contribution is 2.50. The van der Waals surface area contributed by atoms with Crippen molar-refractivity contribution in [2.24, 2.45) is 0 Å². The number of hydrogen-bond acceptors (Lipinski definition) is 3. The molecule has 0 aliphatic rings. The molecule has 36 heavy (non-hydrogen) atoms. The maximum atomic E-state index is 13.5. The number of benzene rings is 3. The third-order valence-electron chi connectivity index (χ3n) is 5.57. The summed E-state index contributed by atoms with van der Waals surface area (Å²) in [4.78, 5) is 18.1.